The first-order valence-corrected chi connectivity index (χ1v) is 9.45. The first-order chi connectivity index (χ1) is 8.46. The summed E-state index contributed by atoms with van der Waals surface area (Å²) in [6, 6.07) is 0.662. The molecule has 0 aromatic carbocycles. The molecule has 106 valence electrons. The molecule has 0 aromatic rings. The van der Waals surface area contributed by atoms with Crippen molar-refractivity contribution in [3.05, 3.63) is 0 Å². The van der Waals surface area contributed by atoms with Crippen molar-refractivity contribution in [2.75, 3.05) is 12.0 Å². The molecule has 1 N–H and O–H groups in total. The van der Waals surface area contributed by atoms with Gasteiger partial charge in [-0.25, -0.2) is 8.42 Å². The molecule has 0 bridgehead atoms. The fourth-order valence-electron chi connectivity index (χ4n) is 3.44. The van der Waals surface area contributed by atoms with Crippen LogP contribution in [0.5, 0.6) is 0 Å². The van der Waals surface area contributed by atoms with E-state index in [2.05, 4.69) is 5.32 Å². The smallest absolute Gasteiger partial charge is 0.148 e. The van der Waals surface area contributed by atoms with Crippen molar-refractivity contribution in [1.82, 2.24) is 5.32 Å². The SMILES string of the molecule is CC(CS(C)(=O)=O)NC(C1CCCCC1)C1CC1. The van der Waals surface area contributed by atoms with Crippen molar-refractivity contribution >= 4 is 9.84 Å². The highest BCUT2D eigenvalue weighted by Crippen LogP contribution is 2.40. The lowest BCUT2D eigenvalue weighted by atomic mass is 9.82. The van der Waals surface area contributed by atoms with E-state index in [4.69, 9.17) is 0 Å². The van der Waals surface area contributed by atoms with Crippen LogP contribution in [0, 0.1) is 11.8 Å². The Morgan fingerprint density at radius 2 is 1.61 bits per heavy atom. The van der Waals surface area contributed by atoms with E-state index >= 15 is 0 Å². The molecule has 2 aliphatic rings. The van der Waals surface area contributed by atoms with Crippen LogP contribution in [0.4, 0.5) is 0 Å². The topological polar surface area (TPSA) is 46.2 Å². The summed E-state index contributed by atoms with van der Waals surface area (Å²) in [7, 11) is -2.87. The van der Waals surface area contributed by atoms with Gasteiger partial charge in [-0.2, -0.15) is 0 Å². The summed E-state index contributed by atoms with van der Waals surface area (Å²) in [6.07, 6.45) is 10.8. The molecule has 0 aliphatic heterocycles. The highest BCUT2D eigenvalue weighted by atomic mass is 32.2. The minimum atomic E-state index is -2.87. The van der Waals surface area contributed by atoms with Gasteiger partial charge in [0.25, 0.3) is 0 Å². The van der Waals surface area contributed by atoms with Crippen LogP contribution in [-0.2, 0) is 9.84 Å². The lowest BCUT2D eigenvalue weighted by Crippen LogP contribution is -2.46. The van der Waals surface area contributed by atoms with Crippen molar-refractivity contribution in [2.45, 2.75) is 64.0 Å². The van der Waals surface area contributed by atoms with Crippen LogP contribution in [0.25, 0.3) is 0 Å². The Morgan fingerprint density at radius 1 is 1.06 bits per heavy atom. The fourth-order valence-corrected chi connectivity index (χ4v) is 4.44. The van der Waals surface area contributed by atoms with E-state index in [1.165, 1.54) is 51.2 Å². The van der Waals surface area contributed by atoms with E-state index in [0.29, 0.717) is 6.04 Å². The van der Waals surface area contributed by atoms with Crippen molar-refractivity contribution in [3.8, 4) is 0 Å². The lowest BCUT2D eigenvalue weighted by molar-refractivity contribution is 0.237. The Bertz CT molecular complexity index is 356. The molecule has 18 heavy (non-hydrogen) atoms. The largest absolute Gasteiger partial charge is 0.310 e. The van der Waals surface area contributed by atoms with Gasteiger partial charge in [0.1, 0.15) is 9.84 Å². The van der Waals surface area contributed by atoms with E-state index < -0.39 is 9.84 Å². The average molecular weight is 273 g/mol. The predicted molar refractivity (Wildman–Crippen MR) is 75.4 cm³/mol. The molecule has 2 atom stereocenters. The summed E-state index contributed by atoms with van der Waals surface area (Å²) in [4.78, 5) is 0. The zero-order valence-electron chi connectivity index (χ0n) is 11.7. The third kappa shape index (κ3) is 4.54. The van der Waals surface area contributed by atoms with Crippen molar-refractivity contribution in [1.29, 1.82) is 0 Å². The molecular weight excluding hydrogens is 246 g/mol. The van der Waals surface area contributed by atoms with Crippen LogP contribution in [0.1, 0.15) is 51.9 Å². The van der Waals surface area contributed by atoms with Crippen LogP contribution in [0.15, 0.2) is 0 Å². The van der Waals surface area contributed by atoms with Crippen LogP contribution in [0.3, 0.4) is 0 Å². The Balaban J connectivity index is 1.89. The standard InChI is InChI=1S/C14H27NO2S/c1-11(10-18(2,16)17)15-14(13-8-9-13)12-6-4-3-5-7-12/h11-15H,3-10H2,1-2H3. The lowest BCUT2D eigenvalue weighted by Gasteiger charge is -2.33. The van der Waals surface area contributed by atoms with E-state index in [1.807, 2.05) is 6.92 Å². The molecular formula is C14H27NO2S. The zero-order valence-corrected chi connectivity index (χ0v) is 12.5. The van der Waals surface area contributed by atoms with E-state index in [0.717, 1.165) is 11.8 Å². The van der Waals surface area contributed by atoms with Crippen LogP contribution in [-0.4, -0.2) is 32.5 Å². The summed E-state index contributed by atoms with van der Waals surface area (Å²) < 4.78 is 22.7. The summed E-state index contributed by atoms with van der Waals surface area (Å²) >= 11 is 0. The molecule has 2 saturated carbocycles. The quantitative estimate of drug-likeness (QED) is 0.808. The molecule has 2 fully saturated rings. The molecule has 0 aromatic heterocycles. The molecule has 0 radical (unpaired) electrons. The van der Waals surface area contributed by atoms with Gasteiger partial charge in [0.05, 0.1) is 5.75 Å². The van der Waals surface area contributed by atoms with E-state index in [-0.39, 0.29) is 11.8 Å². The van der Waals surface area contributed by atoms with Gasteiger partial charge in [-0.3, -0.25) is 0 Å². The van der Waals surface area contributed by atoms with Crippen LogP contribution in [0.2, 0.25) is 0 Å². The average Bonchev–Trinajstić information content (AvgIpc) is 3.08. The van der Waals surface area contributed by atoms with Gasteiger partial charge in [-0.05, 0) is 44.4 Å². The Labute approximate surface area is 112 Å². The second-order valence-corrected chi connectivity index (χ2v) is 8.61. The maximum Gasteiger partial charge on any atom is 0.148 e. The minimum Gasteiger partial charge on any atom is -0.310 e. The fraction of sp³-hybridized carbons (Fsp3) is 1.00. The third-order valence-electron chi connectivity index (χ3n) is 4.32. The second-order valence-electron chi connectivity index (χ2n) is 6.42. The molecule has 4 heteroatoms. The van der Waals surface area contributed by atoms with Crippen LogP contribution < -0.4 is 5.32 Å². The first kappa shape index (κ1) is 14.3. The molecule has 0 saturated heterocycles. The summed E-state index contributed by atoms with van der Waals surface area (Å²) in [5.74, 6) is 1.87. The first-order valence-electron chi connectivity index (χ1n) is 7.39. The number of sulfone groups is 1. The molecule has 3 nitrogen and oxygen atoms in total. The number of hydrogen-bond donors (Lipinski definition) is 1. The molecule has 2 rings (SSSR count). The van der Waals surface area contributed by atoms with Crippen molar-refractivity contribution in [3.63, 3.8) is 0 Å². The highest BCUT2D eigenvalue weighted by molar-refractivity contribution is 7.90. The highest BCUT2D eigenvalue weighted by Gasteiger charge is 2.37. The van der Waals surface area contributed by atoms with E-state index in [9.17, 15) is 8.42 Å². The van der Waals surface area contributed by atoms with Gasteiger partial charge in [-0.15, -0.1) is 0 Å². The van der Waals surface area contributed by atoms with Gasteiger partial charge in [0, 0.05) is 18.3 Å². The number of rotatable bonds is 6. The normalized spacial score (nSPS) is 25.9. The second kappa shape index (κ2) is 5.91. The zero-order chi connectivity index (χ0) is 13.2. The number of nitrogens with one attached hydrogen (secondary N) is 1. The van der Waals surface area contributed by atoms with E-state index in [1.54, 1.807) is 0 Å². The molecule has 0 spiro atoms. The monoisotopic (exact) mass is 273 g/mol. The summed E-state index contributed by atoms with van der Waals surface area (Å²) in [5, 5.41) is 3.63. The van der Waals surface area contributed by atoms with Gasteiger partial charge >= 0.3 is 0 Å². The van der Waals surface area contributed by atoms with Crippen molar-refractivity contribution in [2.24, 2.45) is 11.8 Å². The number of hydrogen-bond acceptors (Lipinski definition) is 3. The Morgan fingerprint density at radius 3 is 2.11 bits per heavy atom. The van der Waals surface area contributed by atoms with Crippen LogP contribution >= 0.6 is 0 Å². The van der Waals surface area contributed by atoms with Gasteiger partial charge < -0.3 is 5.32 Å². The molecule has 0 heterocycles. The summed E-state index contributed by atoms with van der Waals surface area (Å²) in [6.45, 7) is 2.01. The molecule has 2 aliphatic carbocycles. The maximum absolute atomic E-state index is 11.3. The Kier molecular flexibility index (Phi) is 4.70. The molecule has 0 amide bonds. The Hall–Kier alpha value is -0.0900. The predicted octanol–water partition coefficient (Wildman–Crippen LogP) is 2.37. The minimum absolute atomic E-state index is 0.0903. The molecule has 2 unspecified atom stereocenters. The van der Waals surface area contributed by atoms with Gasteiger partial charge in [0.15, 0.2) is 0 Å². The van der Waals surface area contributed by atoms with Gasteiger partial charge in [0.2, 0.25) is 0 Å². The third-order valence-corrected chi connectivity index (χ3v) is 5.42. The van der Waals surface area contributed by atoms with Crippen molar-refractivity contribution < 1.29 is 8.42 Å². The maximum atomic E-state index is 11.3. The summed E-state index contributed by atoms with van der Waals surface area (Å²) in [5.41, 5.74) is 0. The van der Waals surface area contributed by atoms with Gasteiger partial charge in [-0.1, -0.05) is 19.3 Å².